The van der Waals surface area contributed by atoms with Gasteiger partial charge in [0.1, 0.15) is 0 Å². The smallest absolute Gasteiger partial charge is 0.0622 e. The van der Waals surface area contributed by atoms with Gasteiger partial charge in [-0.25, -0.2) is 0 Å². The third-order valence-corrected chi connectivity index (χ3v) is 17.3. The fraction of sp³-hybridized carbons (Fsp3) is 0.0602. The van der Waals surface area contributed by atoms with Gasteiger partial charge in [-0.15, -0.1) is 0 Å². The van der Waals surface area contributed by atoms with Crippen LogP contribution in [0.4, 0.5) is 0 Å². The highest BCUT2D eigenvalue weighted by atomic mass is 14.5. The van der Waals surface area contributed by atoms with E-state index in [4.69, 9.17) is 0 Å². The molecule has 14 rings (SSSR count). The Kier molecular flexibility index (Phi) is 13.2. The molecule has 0 aromatic heterocycles. The van der Waals surface area contributed by atoms with E-state index in [9.17, 15) is 0 Å². The van der Waals surface area contributed by atoms with Gasteiger partial charge >= 0.3 is 0 Å². The molecule has 0 radical (unpaired) electrons. The topological polar surface area (TPSA) is 0 Å². The molecular formula is C83H62. The van der Waals surface area contributed by atoms with E-state index < -0.39 is 5.41 Å². The van der Waals surface area contributed by atoms with Crippen LogP contribution >= 0.6 is 0 Å². The summed E-state index contributed by atoms with van der Waals surface area (Å²) >= 11 is 0. The molecule has 0 aliphatic heterocycles. The van der Waals surface area contributed by atoms with Crippen molar-refractivity contribution in [2.75, 3.05) is 0 Å². The van der Waals surface area contributed by atoms with E-state index >= 15 is 0 Å². The molecular weight excluding hydrogens is 997 g/mol. The van der Waals surface area contributed by atoms with Crippen LogP contribution in [0.5, 0.6) is 0 Å². The number of hydrogen-bond donors (Lipinski definition) is 0. The number of rotatable bonds is 11. The first-order valence-electron chi connectivity index (χ1n) is 29.0. The summed E-state index contributed by atoms with van der Waals surface area (Å²) in [6.07, 6.45) is 0. The first kappa shape index (κ1) is 51.0. The Hall–Kier alpha value is -10.1. The summed E-state index contributed by atoms with van der Waals surface area (Å²) in [6.45, 7) is 9.13. The molecule has 13 aromatic rings. The maximum absolute atomic E-state index is 2.53. The maximum Gasteiger partial charge on any atom is 0.0714 e. The third-order valence-electron chi connectivity index (χ3n) is 17.3. The molecule has 0 heteroatoms. The second-order valence-electron chi connectivity index (χ2n) is 22.6. The maximum atomic E-state index is 2.53. The standard InChI is InChI=1S/C83H62/c1-55-43-57(3)80(58(4)44-55)77-40-22-42-79-82(77)81-56(2)23-17-41-78(81)83(79,75-51-71(67-36-18-32-63(45-67)59-24-9-5-10-25-59)49-72(52-75)68-37-19-33-64(46-68)60-26-11-6-12-27-60)76-53-73(69-38-20-34-65(47-69)61-28-13-7-14-29-61)50-74(54-76)70-39-21-35-66(48-70)62-30-15-8-16-31-62/h5-54H,1-4H3. The van der Waals surface area contributed by atoms with E-state index in [-0.39, 0.29) is 0 Å². The van der Waals surface area contributed by atoms with E-state index in [1.807, 2.05) is 0 Å². The highest BCUT2D eigenvalue weighted by Crippen LogP contribution is 2.61. The van der Waals surface area contributed by atoms with Gasteiger partial charge in [0.15, 0.2) is 0 Å². The predicted octanol–water partition coefficient (Wildman–Crippen LogP) is 22.3. The fourth-order valence-electron chi connectivity index (χ4n) is 13.6. The summed E-state index contributed by atoms with van der Waals surface area (Å²) in [4.78, 5) is 0. The lowest BCUT2D eigenvalue weighted by molar-refractivity contribution is 0.769. The third kappa shape index (κ3) is 9.33. The number of benzene rings is 13. The molecule has 1 aliphatic carbocycles. The van der Waals surface area contributed by atoms with Crippen molar-refractivity contribution >= 4 is 0 Å². The van der Waals surface area contributed by atoms with Gasteiger partial charge in [-0.1, -0.05) is 248 Å². The van der Waals surface area contributed by atoms with Crippen LogP contribution in [0, 0.1) is 27.7 Å². The van der Waals surface area contributed by atoms with E-state index in [1.165, 1.54) is 111 Å². The molecule has 83 heavy (non-hydrogen) atoms. The predicted molar refractivity (Wildman–Crippen MR) is 352 cm³/mol. The second kappa shape index (κ2) is 21.4. The van der Waals surface area contributed by atoms with Crippen molar-refractivity contribution in [3.63, 3.8) is 0 Å². The van der Waals surface area contributed by atoms with Crippen LogP contribution in [0.3, 0.4) is 0 Å². The molecule has 0 atom stereocenters. The zero-order valence-electron chi connectivity index (χ0n) is 47.4. The van der Waals surface area contributed by atoms with E-state index in [2.05, 4.69) is 331 Å². The van der Waals surface area contributed by atoms with Gasteiger partial charge in [0.05, 0.1) is 5.41 Å². The Balaban J connectivity index is 1.13. The van der Waals surface area contributed by atoms with Gasteiger partial charge < -0.3 is 0 Å². The lowest BCUT2D eigenvalue weighted by Crippen LogP contribution is -2.29. The molecule has 0 saturated heterocycles. The minimum Gasteiger partial charge on any atom is -0.0622 e. The van der Waals surface area contributed by atoms with Crippen LogP contribution in [0.25, 0.3) is 111 Å². The van der Waals surface area contributed by atoms with Crippen molar-refractivity contribution in [3.05, 3.63) is 348 Å². The van der Waals surface area contributed by atoms with Gasteiger partial charge in [-0.2, -0.15) is 0 Å². The SMILES string of the molecule is Cc1cc(C)c(-c2cccc3c2-c2c(C)cccc2C3(c2cc(-c3cccc(-c4ccccc4)c3)cc(-c3cccc(-c4ccccc4)c3)c2)c2cc(-c3cccc(-c4ccccc4)c3)cc(-c3cccc(-c4ccccc4)c3)c2)c(C)c1. The van der Waals surface area contributed by atoms with Crippen LogP contribution < -0.4 is 0 Å². The van der Waals surface area contributed by atoms with Crippen LogP contribution in [0.1, 0.15) is 44.5 Å². The second-order valence-corrected chi connectivity index (χ2v) is 22.6. The average molecular weight is 1060 g/mol. The van der Waals surface area contributed by atoms with Gasteiger partial charge in [0.25, 0.3) is 0 Å². The molecule has 0 saturated carbocycles. The molecule has 0 unspecified atom stereocenters. The minimum atomic E-state index is -0.836. The van der Waals surface area contributed by atoms with Gasteiger partial charge in [0.2, 0.25) is 0 Å². The quantitative estimate of drug-likeness (QED) is 0.121. The van der Waals surface area contributed by atoms with Crippen molar-refractivity contribution in [2.24, 2.45) is 0 Å². The molecule has 0 bridgehead atoms. The van der Waals surface area contributed by atoms with Crippen LogP contribution in [0.15, 0.2) is 303 Å². The Morgan fingerprint density at radius 1 is 0.193 bits per heavy atom. The first-order chi connectivity index (χ1) is 40.8. The molecule has 0 nitrogen and oxygen atoms in total. The number of hydrogen-bond acceptors (Lipinski definition) is 0. The molecule has 0 spiro atoms. The molecule has 13 aromatic carbocycles. The Labute approximate surface area is 489 Å². The van der Waals surface area contributed by atoms with Crippen LogP contribution in [-0.2, 0) is 5.41 Å². The largest absolute Gasteiger partial charge is 0.0714 e. The lowest BCUT2D eigenvalue weighted by atomic mass is 9.65. The van der Waals surface area contributed by atoms with Gasteiger partial charge in [0, 0.05) is 0 Å². The Morgan fingerprint density at radius 2 is 0.470 bits per heavy atom. The van der Waals surface area contributed by atoms with Gasteiger partial charge in [-0.05, 0) is 239 Å². The zero-order chi connectivity index (χ0) is 56.0. The van der Waals surface area contributed by atoms with Crippen molar-refractivity contribution in [3.8, 4) is 111 Å². The van der Waals surface area contributed by atoms with Crippen molar-refractivity contribution in [1.82, 2.24) is 0 Å². The summed E-state index contributed by atoms with van der Waals surface area (Å²) in [7, 11) is 0. The van der Waals surface area contributed by atoms with Gasteiger partial charge in [-0.3, -0.25) is 0 Å². The summed E-state index contributed by atoms with van der Waals surface area (Å²) in [5.74, 6) is 0. The summed E-state index contributed by atoms with van der Waals surface area (Å²) < 4.78 is 0. The number of aryl methyl sites for hydroxylation is 4. The lowest BCUT2D eigenvalue weighted by Gasteiger charge is -2.36. The summed E-state index contributed by atoms with van der Waals surface area (Å²) in [5, 5.41) is 0. The fourth-order valence-corrected chi connectivity index (χ4v) is 13.6. The highest BCUT2D eigenvalue weighted by molar-refractivity contribution is 5.99. The monoisotopic (exact) mass is 1060 g/mol. The Bertz CT molecular complexity index is 4120. The van der Waals surface area contributed by atoms with Crippen molar-refractivity contribution in [2.45, 2.75) is 33.1 Å². The molecule has 0 fully saturated rings. The number of fused-ring (bicyclic) bond motifs is 3. The van der Waals surface area contributed by atoms with E-state index in [1.54, 1.807) is 0 Å². The molecule has 0 amide bonds. The summed E-state index contributed by atoms with van der Waals surface area (Å²) in [5.41, 5.74) is 33.2. The molecule has 394 valence electrons. The average Bonchev–Trinajstić information content (AvgIpc) is 3.84. The van der Waals surface area contributed by atoms with E-state index in [0.29, 0.717) is 0 Å². The molecule has 0 N–H and O–H groups in total. The Morgan fingerprint density at radius 3 is 0.819 bits per heavy atom. The normalized spacial score (nSPS) is 12.2. The highest BCUT2D eigenvalue weighted by Gasteiger charge is 2.48. The van der Waals surface area contributed by atoms with Crippen LogP contribution in [0.2, 0.25) is 0 Å². The molecule has 0 heterocycles. The van der Waals surface area contributed by atoms with Crippen LogP contribution in [-0.4, -0.2) is 0 Å². The van der Waals surface area contributed by atoms with E-state index in [0.717, 1.165) is 44.5 Å². The minimum absolute atomic E-state index is 0.836. The first-order valence-corrected chi connectivity index (χ1v) is 29.0. The van der Waals surface area contributed by atoms with Crippen molar-refractivity contribution in [1.29, 1.82) is 0 Å². The molecule has 1 aliphatic rings. The summed E-state index contributed by atoms with van der Waals surface area (Å²) in [6, 6.07) is 114. The zero-order valence-corrected chi connectivity index (χ0v) is 47.4. The van der Waals surface area contributed by atoms with Crippen molar-refractivity contribution < 1.29 is 0 Å².